The number of nitrogens with one attached hydrogen (secondary N) is 2. The lowest BCUT2D eigenvalue weighted by Gasteiger charge is -2.28. The summed E-state index contributed by atoms with van der Waals surface area (Å²) in [5.41, 5.74) is 1.20. The third-order valence-electron chi connectivity index (χ3n) is 4.73. The van der Waals surface area contributed by atoms with Gasteiger partial charge in [-0.3, -0.25) is 14.3 Å². The van der Waals surface area contributed by atoms with E-state index in [2.05, 4.69) is 26.2 Å². The maximum atomic E-state index is 12.8. The molecule has 8 heteroatoms. The Morgan fingerprint density at radius 3 is 2.59 bits per heavy atom. The van der Waals surface area contributed by atoms with Crippen molar-refractivity contribution in [3.05, 3.63) is 72.0 Å². The zero-order chi connectivity index (χ0) is 19.3. The van der Waals surface area contributed by atoms with Crippen molar-refractivity contribution >= 4 is 27.7 Å². The van der Waals surface area contributed by atoms with E-state index >= 15 is 0 Å². The van der Waals surface area contributed by atoms with Crippen LogP contribution in [0.2, 0.25) is 0 Å². The van der Waals surface area contributed by atoms with Gasteiger partial charge in [0, 0.05) is 11.0 Å². The van der Waals surface area contributed by atoms with E-state index in [-0.39, 0.29) is 12.5 Å². The summed E-state index contributed by atoms with van der Waals surface area (Å²) in [6.07, 6.45) is 0. The summed E-state index contributed by atoms with van der Waals surface area (Å²) < 4.78 is 7.63. The van der Waals surface area contributed by atoms with Crippen LogP contribution in [0.5, 0.6) is 0 Å². The average molecular weight is 432 g/mol. The highest BCUT2D eigenvalue weighted by Crippen LogP contribution is 2.42. The fraction of sp³-hybridized carbons (Fsp3) is 0.316. The quantitative estimate of drug-likeness (QED) is 0.727. The van der Waals surface area contributed by atoms with Crippen molar-refractivity contribution < 1.29 is 9.53 Å². The van der Waals surface area contributed by atoms with Crippen LogP contribution in [0.1, 0.15) is 30.9 Å². The molecule has 2 N–H and O–H groups in total. The Morgan fingerprint density at radius 1 is 1.22 bits per heavy atom. The monoisotopic (exact) mass is 431 g/mol. The molecule has 0 unspecified atom stereocenters. The number of H-pyrrole nitrogens is 1. The number of carbonyl (C=O) groups is 1. The molecular weight excluding hydrogens is 414 g/mol. The minimum atomic E-state index is -0.595. The molecule has 0 saturated heterocycles. The minimum Gasteiger partial charge on any atom is -0.456 e. The van der Waals surface area contributed by atoms with E-state index in [0.717, 1.165) is 10.0 Å². The smallest absolute Gasteiger partial charge is 0.337 e. The van der Waals surface area contributed by atoms with Gasteiger partial charge in [-0.25, -0.2) is 9.59 Å². The lowest BCUT2D eigenvalue weighted by Crippen LogP contribution is -2.39. The van der Waals surface area contributed by atoms with Crippen LogP contribution in [0.4, 0.5) is 5.82 Å². The zero-order valence-corrected chi connectivity index (χ0v) is 16.4. The van der Waals surface area contributed by atoms with Crippen molar-refractivity contribution in [2.45, 2.75) is 26.3 Å². The van der Waals surface area contributed by atoms with Gasteiger partial charge >= 0.3 is 11.7 Å². The molecule has 3 heterocycles. The minimum absolute atomic E-state index is 0.100. The zero-order valence-electron chi connectivity index (χ0n) is 14.8. The van der Waals surface area contributed by atoms with Crippen LogP contribution in [0.3, 0.4) is 0 Å². The number of ether oxygens (including phenoxy) is 1. The second-order valence-corrected chi connectivity index (χ2v) is 8.02. The number of rotatable bonds is 3. The summed E-state index contributed by atoms with van der Waals surface area (Å²) in [6.45, 7) is 4.52. The number of hydrogen-bond donors (Lipinski definition) is 2. The van der Waals surface area contributed by atoms with E-state index in [0.29, 0.717) is 29.2 Å². The summed E-state index contributed by atoms with van der Waals surface area (Å²) >= 11 is 3.40. The number of nitrogens with zero attached hydrogens (tertiary/aromatic N) is 1. The normalized spacial score (nSPS) is 18.2. The third kappa shape index (κ3) is 2.93. The Kier molecular flexibility index (Phi) is 4.30. The summed E-state index contributed by atoms with van der Waals surface area (Å²) in [7, 11) is 0. The van der Waals surface area contributed by atoms with E-state index < -0.39 is 23.1 Å². The van der Waals surface area contributed by atoms with Crippen LogP contribution in [-0.2, 0) is 16.1 Å². The Labute approximate surface area is 163 Å². The number of carbonyl (C=O) groups excluding carboxylic acids is 1. The van der Waals surface area contributed by atoms with Crippen molar-refractivity contribution in [1.82, 2.24) is 9.55 Å². The second kappa shape index (κ2) is 6.53. The first-order valence-electron chi connectivity index (χ1n) is 8.66. The number of hydrogen-bond acceptors (Lipinski definition) is 5. The standard InChI is InChI=1S/C19H18BrN3O4/c1-9(2)7-23-16-15(17(24)22-19(23)26)13(10-3-5-11(20)6-4-10)14-12(21-16)8-27-18(14)25/h3-6,9,13,21H,7-8H2,1-2H3,(H,22,24,26)/t13-/m0/s1. The molecule has 0 aliphatic carbocycles. The van der Waals surface area contributed by atoms with Gasteiger partial charge in [-0.15, -0.1) is 0 Å². The maximum absolute atomic E-state index is 12.8. The first-order valence-corrected chi connectivity index (χ1v) is 9.45. The predicted molar refractivity (Wildman–Crippen MR) is 104 cm³/mol. The first-order chi connectivity index (χ1) is 12.9. The van der Waals surface area contributed by atoms with E-state index in [1.165, 1.54) is 4.57 Å². The number of esters is 1. The van der Waals surface area contributed by atoms with Crippen LogP contribution in [0.25, 0.3) is 0 Å². The first kappa shape index (κ1) is 17.8. The summed E-state index contributed by atoms with van der Waals surface area (Å²) in [5, 5.41) is 3.12. The fourth-order valence-corrected chi connectivity index (χ4v) is 3.88. The topological polar surface area (TPSA) is 93.2 Å². The van der Waals surface area contributed by atoms with Gasteiger partial charge in [0.2, 0.25) is 0 Å². The van der Waals surface area contributed by atoms with Gasteiger partial charge in [0.05, 0.1) is 22.8 Å². The number of halogens is 1. The van der Waals surface area contributed by atoms with Gasteiger partial charge in [-0.05, 0) is 23.6 Å². The number of fused-ring (bicyclic) bond motifs is 1. The van der Waals surface area contributed by atoms with Crippen molar-refractivity contribution in [3.8, 4) is 0 Å². The molecule has 1 aromatic heterocycles. The van der Waals surface area contributed by atoms with Crippen molar-refractivity contribution in [1.29, 1.82) is 0 Å². The molecule has 2 aliphatic heterocycles. The Morgan fingerprint density at radius 2 is 1.93 bits per heavy atom. The molecule has 2 aromatic rings. The SMILES string of the molecule is CC(C)Cn1c2c(c(=O)[nH]c1=O)[C@@H](c1ccc(Br)cc1)C1=C(COC1=O)N2. The summed E-state index contributed by atoms with van der Waals surface area (Å²) in [5.74, 6) is -0.413. The van der Waals surface area contributed by atoms with Crippen molar-refractivity contribution in [3.63, 3.8) is 0 Å². The number of cyclic esters (lactones) is 1. The molecule has 4 rings (SSSR count). The maximum Gasteiger partial charge on any atom is 0.337 e. The van der Waals surface area contributed by atoms with E-state index in [1.54, 1.807) is 0 Å². The number of aromatic nitrogens is 2. The van der Waals surface area contributed by atoms with Crippen LogP contribution < -0.4 is 16.6 Å². The highest BCUT2D eigenvalue weighted by molar-refractivity contribution is 9.10. The highest BCUT2D eigenvalue weighted by atomic mass is 79.9. The third-order valence-corrected chi connectivity index (χ3v) is 5.25. The van der Waals surface area contributed by atoms with Gasteiger partial charge < -0.3 is 10.1 Å². The molecular formula is C19H18BrN3O4. The molecule has 1 aromatic carbocycles. The number of anilines is 1. The van der Waals surface area contributed by atoms with E-state index in [4.69, 9.17) is 4.74 Å². The van der Waals surface area contributed by atoms with Gasteiger partial charge in [0.15, 0.2) is 0 Å². The van der Waals surface area contributed by atoms with E-state index in [9.17, 15) is 14.4 Å². The van der Waals surface area contributed by atoms with Crippen LogP contribution >= 0.6 is 15.9 Å². The predicted octanol–water partition coefficient (Wildman–Crippen LogP) is 2.32. The van der Waals surface area contributed by atoms with Gasteiger partial charge in [-0.1, -0.05) is 41.9 Å². The molecule has 0 bridgehead atoms. The molecule has 0 spiro atoms. The molecule has 7 nitrogen and oxygen atoms in total. The molecule has 1 atom stereocenters. The van der Waals surface area contributed by atoms with Crippen LogP contribution in [0.15, 0.2) is 49.6 Å². The second-order valence-electron chi connectivity index (χ2n) is 7.10. The Bertz CT molecular complexity index is 1080. The molecule has 0 saturated carbocycles. The van der Waals surface area contributed by atoms with Crippen LogP contribution in [-0.4, -0.2) is 22.1 Å². The van der Waals surface area contributed by atoms with Gasteiger partial charge in [0.25, 0.3) is 5.56 Å². The van der Waals surface area contributed by atoms with Gasteiger partial charge in [0.1, 0.15) is 12.4 Å². The summed E-state index contributed by atoms with van der Waals surface area (Å²) in [6, 6.07) is 7.43. The molecule has 0 fully saturated rings. The van der Waals surface area contributed by atoms with E-state index in [1.807, 2.05) is 38.1 Å². The Balaban J connectivity index is 2.01. The molecule has 2 aliphatic rings. The lowest BCUT2D eigenvalue weighted by molar-refractivity contribution is -0.136. The Hall–Kier alpha value is -2.61. The summed E-state index contributed by atoms with van der Waals surface area (Å²) in [4.78, 5) is 40.0. The van der Waals surface area contributed by atoms with Gasteiger partial charge in [-0.2, -0.15) is 0 Å². The molecule has 140 valence electrons. The van der Waals surface area contributed by atoms with Crippen molar-refractivity contribution in [2.75, 3.05) is 11.9 Å². The van der Waals surface area contributed by atoms with Crippen LogP contribution in [0, 0.1) is 5.92 Å². The highest BCUT2D eigenvalue weighted by Gasteiger charge is 2.41. The largest absolute Gasteiger partial charge is 0.456 e. The number of benzene rings is 1. The molecule has 0 amide bonds. The molecule has 0 radical (unpaired) electrons. The lowest BCUT2D eigenvalue weighted by atomic mass is 9.83. The fourth-order valence-electron chi connectivity index (χ4n) is 3.62. The van der Waals surface area contributed by atoms with Crippen molar-refractivity contribution in [2.24, 2.45) is 5.92 Å². The average Bonchev–Trinajstić information content (AvgIpc) is 2.98. The molecule has 27 heavy (non-hydrogen) atoms. The number of aromatic amines is 1.